The van der Waals surface area contributed by atoms with E-state index in [2.05, 4.69) is 0 Å². The SMILES string of the molecule is Cl.O.O=C(O)O.[H-].[H-].[Na+].[Na+]. The molecule has 0 amide bonds. The van der Waals surface area contributed by atoms with E-state index in [9.17, 15) is 0 Å². The first-order valence-electron chi connectivity index (χ1n) is 0.651. The van der Waals surface area contributed by atoms with Gasteiger partial charge in [-0.05, 0) is 0 Å². The molecule has 0 aliphatic heterocycles. The van der Waals surface area contributed by atoms with E-state index in [-0.39, 0.29) is 79.9 Å². The van der Waals surface area contributed by atoms with Crippen LogP contribution in [-0.4, -0.2) is 21.8 Å². The number of hydrogen-bond donors (Lipinski definition) is 2. The molecule has 0 radical (unpaired) electrons. The molecule has 0 saturated heterocycles. The van der Waals surface area contributed by atoms with Gasteiger partial charge in [0.25, 0.3) is 0 Å². The van der Waals surface area contributed by atoms with Gasteiger partial charge in [-0.1, -0.05) is 0 Å². The van der Waals surface area contributed by atoms with E-state index in [1.807, 2.05) is 0 Å². The summed E-state index contributed by atoms with van der Waals surface area (Å²) < 4.78 is 0. The van der Waals surface area contributed by atoms with Gasteiger partial charge in [-0.25, -0.2) is 4.79 Å². The van der Waals surface area contributed by atoms with Crippen molar-refractivity contribution in [3.63, 3.8) is 0 Å². The van der Waals surface area contributed by atoms with Gasteiger partial charge in [0.2, 0.25) is 0 Å². The Labute approximate surface area is 99.9 Å². The molecule has 0 fully saturated rings. The molecule has 0 spiro atoms. The standard InChI is InChI=1S/CH2O3.ClH.2Na.H2O.2H/c2-1(3)4;;;;;;/h(H2,2,3,4);1H;;;1H2;;/q;;2*+1;;2*-1. The van der Waals surface area contributed by atoms with E-state index in [1.54, 1.807) is 0 Å². The Kier molecular flexibility index (Phi) is 99.7. The van der Waals surface area contributed by atoms with Crippen molar-refractivity contribution >= 4 is 18.6 Å². The quantitative estimate of drug-likeness (QED) is 0.350. The smallest absolute Gasteiger partial charge is 1.00 e. The van der Waals surface area contributed by atoms with E-state index in [1.165, 1.54) is 0 Å². The van der Waals surface area contributed by atoms with Crippen LogP contribution >= 0.6 is 12.4 Å². The van der Waals surface area contributed by atoms with Crippen molar-refractivity contribution in [2.45, 2.75) is 0 Å². The zero-order valence-corrected chi connectivity index (χ0v) is 9.53. The summed E-state index contributed by atoms with van der Waals surface area (Å²) in [6, 6.07) is 0. The Hall–Kier alpha value is 1.52. The molecule has 0 atom stereocenters. The van der Waals surface area contributed by atoms with Gasteiger partial charge in [-0.15, -0.1) is 12.4 Å². The van der Waals surface area contributed by atoms with Crippen molar-refractivity contribution in [3.05, 3.63) is 0 Å². The van der Waals surface area contributed by atoms with E-state index in [0.29, 0.717) is 0 Å². The molecule has 4 N–H and O–H groups in total. The first-order chi connectivity index (χ1) is 1.73. The summed E-state index contributed by atoms with van der Waals surface area (Å²) in [7, 11) is 0. The Morgan fingerprint density at radius 1 is 1.25 bits per heavy atom. The molecule has 0 saturated carbocycles. The molecular weight excluding hydrogens is 157 g/mol. The van der Waals surface area contributed by atoms with Gasteiger partial charge in [0.1, 0.15) is 0 Å². The fraction of sp³-hybridized carbons (Fsp3) is 0. The van der Waals surface area contributed by atoms with Crippen molar-refractivity contribution in [2.24, 2.45) is 0 Å². The predicted octanol–water partition coefficient (Wildman–Crippen LogP) is -5.95. The maximum Gasteiger partial charge on any atom is 1.00 e. The van der Waals surface area contributed by atoms with Crippen LogP contribution in [-0.2, 0) is 0 Å². The van der Waals surface area contributed by atoms with Crippen LogP contribution in [0.5, 0.6) is 0 Å². The molecule has 44 valence electrons. The maximum absolute atomic E-state index is 8.56. The van der Waals surface area contributed by atoms with Gasteiger partial charge in [0.15, 0.2) is 0 Å². The molecule has 0 aliphatic rings. The molecule has 0 heterocycles. The molecule has 0 unspecified atom stereocenters. The summed E-state index contributed by atoms with van der Waals surface area (Å²) in [5.74, 6) is 0. The summed E-state index contributed by atoms with van der Waals surface area (Å²) in [6.45, 7) is 0. The third kappa shape index (κ3) is 138. The molecule has 0 aromatic rings. The van der Waals surface area contributed by atoms with E-state index in [0.717, 1.165) is 0 Å². The molecule has 0 bridgehead atoms. The number of carboxylic acid groups (broad SMARTS) is 2. The second-order valence-electron chi connectivity index (χ2n) is 0.283. The van der Waals surface area contributed by atoms with Crippen LogP contribution in [0.1, 0.15) is 2.85 Å². The Morgan fingerprint density at radius 2 is 1.25 bits per heavy atom. The Balaban J connectivity index is -0.00000000300. The minimum absolute atomic E-state index is 0. The summed E-state index contributed by atoms with van der Waals surface area (Å²) in [4.78, 5) is 8.56. The first kappa shape index (κ1) is 33.8. The maximum atomic E-state index is 8.56. The summed E-state index contributed by atoms with van der Waals surface area (Å²) >= 11 is 0. The second-order valence-corrected chi connectivity index (χ2v) is 0.283. The van der Waals surface area contributed by atoms with Crippen LogP contribution < -0.4 is 59.1 Å². The molecular formula is CH7ClNa2O4. The first-order valence-corrected chi connectivity index (χ1v) is 0.651. The van der Waals surface area contributed by atoms with Crippen molar-refractivity contribution < 1.29 is 82.5 Å². The molecule has 0 aromatic heterocycles. The van der Waals surface area contributed by atoms with Gasteiger partial charge in [0, 0.05) is 0 Å². The summed E-state index contributed by atoms with van der Waals surface area (Å²) in [5.41, 5.74) is 0. The van der Waals surface area contributed by atoms with Gasteiger partial charge < -0.3 is 18.5 Å². The van der Waals surface area contributed by atoms with Gasteiger partial charge >= 0.3 is 65.3 Å². The van der Waals surface area contributed by atoms with E-state index >= 15 is 0 Å². The predicted molar refractivity (Wildman–Crippen MR) is 23.7 cm³/mol. The molecule has 4 nitrogen and oxygen atoms in total. The zero-order valence-electron chi connectivity index (χ0n) is 6.71. The fourth-order valence-corrected chi connectivity index (χ4v) is 0. The minimum Gasteiger partial charge on any atom is -1.00 e. The van der Waals surface area contributed by atoms with Crippen LogP contribution in [0.2, 0.25) is 0 Å². The number of hydrogen-bond acceptors (Lipinski definition) is 1. The third-order valence-electron chi connectivity index (χ3n) is 0. The fourth-order valence-electron chi connectivity index (χ4n) is 0. The average Bonchev–Trinajstić information content (AvgIpc) is 0.811. The summed E-state index contributed by atoms with van der Waals surface area (Å²) in [5, 5.41) is 13.9. The number of rotatable bonds is 0. The molecule has 7 heteroatoms. The third-order valence-corrected chi connectivity index (χ3v) is 0. The molecule has 8 heavy (non-hydrogen) atoms. The molecule has 0 rings (SSSR count). The van der Waals surface area contributed by atoms with Gasteiger partial charge in [0.05, 0.1) is 0 Å². The second kappa shape index (κ2) is 23.6. The minimum atomic E-state index is -1.83. The zero-order chi connectivity index (χ0) is 3.58. The van der Waals surface area contributed by atoms with Crippen molar-refractivity contribution in [2.75, 3.05) is 0 Å². The molecule has 0 aliphatic carbocycles. The monoisotopic (exact) mass is 164 g/mol. The number of halogens is 1. The van der Waals surface area contributed by atoms with Crippen molar-refractivity contribution in [1.82, 2.24) is 0 Å². The Bertz CT molecular complexity index is 44.2. The van der Waals surface area contributed by atoms with E-state index in [4.69, 9.17) is 15.0 Å². The van der Waals surface area contributed by atoms with Gasteiger partial charge in [-0.3, -0.25) is 0 Å². The van der Waals surface area contributed by atoms with Crippen LogP contribution in [0.3, 0.4) is 0 Å². The van der Waals surface area contributed by atoms with Crippen LogP contribution in [0.15, 0.2) is 0 Å². The Morgan fingerprint density at radius 3 is 1.25 bits per heavy atom. The van der Waals surface area contributed by atoms with Crippen LogP contribution in [0.4, 0.5) is 4.79 Å². The van der Waals surface area contributed by atoms with Crippen molar-refractivity contribution in [3.8, 4) is 0 Å². The average molecular weight is 164 g/mol. The largest absolute Gasteiger partial charge is 1.00 e. The topological polar surface area (TPSA) is 89.0 Å². The molecule has 0 aromatic carbocycles. The van der Waals surface area contributed by atoms with Gasteiger partial charge in [-0.2, -0.15) is 0 Å². The summed E-state index contributed by atoms with van der Waals surface area (Å²) in [6.07, 6.45) is -1.83. The van der Waals surface area contributed by atoms with E-state index < -0.39 is 6.16 Å². The normalized spacial score (nSPS) is 3.00. The van der Waals surface area contributed by atoms with Crippen molar-refractivity contribution in [1.29, 1.82) is 0 Å². The van der Waals surface area contributed by atoms with Crippen LogP contribution in [0, 0.1) is 0 Å². The number of carbonyl (C=O) groups is 1. The van der Waals surface area contributed by atoms with Crippen LogP contribution in [0.25, 0.3) is 0 Å².